The molecule has 144 valence electrons. The van der Waals surface area contributed by atoms with Crippen LogP contribution in [0.5, 0.6) is 0 Å². The van der Waals surface area contributed by atoms with Crippen molar-refractivity contribution in [3.63, 3.8) is 0 Å². The number of aryl methyl sites for hydroxylation is 1. The number of halogens is 6. The highest BCUT2D eigenvalue weighted by Crippen LogP contribution is 2.31. The Kier molecular flexibility index (Phi) is 5.78. The Morgan fingerprint density at radius 2 is 1.81 bits per heavy atom. The SMILES string of the molecule is CN=C(NCc1nc(C(F)(F)F)cs1)NCc1cn(C)nc1C(F)(F)F. The molecule has 6 nitrogen and oxygen atoms in total. The van der Waals surface area contributed by atoms with E-state index in [1.165, 1.54) is 20.3 Å². The number of hydrogen-bond donors (Lipinski definition) is 2. The van der Waals surface area contributed by atoms with Crippen molar-refractivity contribution in [1.82, 2.24) is 25.4 Å². The fraction of sp³-hybridized carbons (Fsp3) is 0.462. The number of guanidine groups is 1. The lowest BCUT2D eigenvalue weighted by Gasteiger charge is -2.11. The molecule has 0 saturated heterocycles. The summed E-state index contributed by atoms with van der Waals surface area (Å²) >= 11 is 0.814. The van der Waals surface area contributed by atoms with Gasteiger partial charge in [0.25, 0.3) is 0 Å². The summed E-state index contributed by atoms with van der Waals surface area (Å²) < 4.78 is 77.2. The van der Waals surface area contributed by atoms with Gasteiger partial charge >= 0.3 is 12.4 Å². The van der Waals surface area contributed by atoms with E-state index in [1.807, 2.05) is 0 Å². The molecule has 2 heterocycles. The molecule has 0 aliphatic heterocycles. The molecule has 0 atom stereocenters. The van der Waals surface area contributed by atoms with Gasteiger partial charge in [0.15, 0.2) is 17.3 Å². The Bertz CT molecular complexity index is 775. The van der Waals surface area contributed by atoms with Crippen molar-refractivity contribution in [2.75, 3.05) is 7.05 Å². The first-order chi connectivity index (χ1) is 12.0. The molecule has 0 spiro atoms. The Morgan fingerprint density at radius 1 is 1.15 bits per heavy atom. The van der Waals surface area contributed by atoms with Gasteiger partial charge in [-0.3, -0.25) is 9.67 Å². The largest absolute Gasteiger partial charge is 0.435 e. The second kappa shape index (κ2) is 7.51. The van der Waals surface area contributed by atoms with Gasteiger partial charge in [-0.1, -0.05) is 0 Å². The van der Waals surface area contributed by atoms with E-state index in [4.69, 9.17) is 0 Å². The Hall–Kier alpha value is -2.31. The van der Waals surface area contributed by atoms with E-state index in [0.29, 0.717) is 0 Å². The Balaban J connectivity index is 1.96. The first kappa shape index (κ1) is 20.0. The lowest BCUT2D eigenvalue weighted by atomic mass is 10.2. The third kappa shape index (κ3) is 5.09. The average Bonchev–Trinajstić information content (AvgIpc) is 3.13. The maximum absolute atomic E-state index is 12.9. The van der Waals surface area contributed by atoms with Crippen LogP contribution >= 0.6 is 11.3 Å². The highest BCUT2D eigenvalue weighted by molar-refractivity contribution is 7.09. The highest BCUT2D eigenvalue weighted by Gasteiger charge is 2.37. The molecule has 26 heavy (non-hydrogen) atoms. The van der Waals surface area contributed by atoms with Gasteiger partial charge in [0.2, 0.25) is 0 Å². The predicted molar refractivity (Wildman–Crippen MR) is 82.4 cm³/mol. The lowest BCUT2D eigenvalue weighted by molar-refractivity contribution is -0.142. The zero-order valence-electron chi connectivity index (χ0n) is 13.5. The molecule has 0 fully saturated rings. The maximum atomic E-state index is 12.9. The van der Waals surface area contributed by atoms with Gasteiger partial charge in [0, 0.05) is 37.8 Å². The maximum Gasteiger partial charge on any atom is 0.435 e. The van der Waals surface area contributed by atoms with E-state index in [2.05, 4.69) is 25.7 Å². The molecule has 13 heteroatoms. The first-order valence-corrected chi connectivity index (χ1v) is 7.94. The van der Waals surface area contributed by atoms with E-state index < -0.39 is 23.7 Å². The number of alkyl halides is 6. The van der Waals surface area contributed by atoms with E-state index in [9.17, 15) is 26.3 Å². The van der Waals surface area contributed by atoms with Crippen molar-refractivity contribution in [1.29, 1.82) is 0 Å². The van der Waals surface area contributed by atoms with E-state index >= 15 is 0 Å². The summed E-state index contributed by atoms with van der Waals surface area (Å²) in [7, 11) is 2.75. The molecule has 0 amide bonds. The minimum atomic E-state index is -4.59. The summed E-state index contributed by atoms with van der Waals surface area (Å²) in [6, 6.07) is 0. The minimum absolute atomic E-state index is 0.0560. The van der Waals surface area contributed by atoms with Crippen LogP contribution in [0, 0.1) is 0 Å². The summed E-state index contributed by atoms with van der Waals surface area (Å²) in [4.78, 5) is 7.25. The second-order valence-corrected chi connectivity index (χ2v) is 6.02. The fourth-order valence-electron chi connectivity index (χ4n) is 1.99. The van der Waals surface area contributed by atoms with Crippen molar-refractivity contribution in [2.24, 2.45) is 12.0 Å². The molecule has 2 N–H and O–H groups in total. The molecule has 0 aliphatic rings. The van der Waals surface area contributed by atoms with Gasteiger partial charge in [-0.2, -0.15) is 31.4 Å². The van der Waals surface area contributed by atoms with Gasteiger partial charge < -0.3 is 10.6 Å². The van der Waals surface area contributed by atoms with Gasteiger partial charge in [0.05, 0.1) is 6.54 Å². The summed E-state index contributed by atoms with van der Waals surface area (Å²) in [6.45, 7) is -0.270. The molecular weight excluding hydrogens is 386 g/mol. The highest BCUT2D eigenvalue weighted by atomic mass is 32.1. The van der Waals surface area contributed by atoms with Crippen molar-refractivity contribution >= 4 is 17.3 Å². The molecule has 0 bridgehead atoms. The van der Waals surface area contributed by atoms with Crippen molar-refractivity contribution in [3.05, 3.63) is 33.5 Å². The molecule has 0 saturated carbocycles. The summed E-state index contributed by atoms with van der Waals surface area (Å²) in [5.41, 5.74) is -2.10. The van der Waals surface area contributed by atoms with Crippen LogP contribution in [-0.4, -0.2) is 27.8 Å². The average molecular weight is 400 g/mol. The number of thiazole rings is 1. The number of nitrogens with zero attached hydrogens (tertiary/aromatic N) is 4. The fourth-order valence-corrected chi connectivity index (χ4v) is 2.73. The van der Waals surface area contributed by atoms with Crippen LogP contribution in [0.4, 0.5) is 26.3 Å². The first-order valence-electron chi connectivity index (χ1n) is 7.06. The smallest absolute Gasteiger partial charge is 0.352 e. The Labute approximate surface area is 147 Å². The van der Waals surface area contributed by atoms with Crippen LogP contribution in [0.2, 0.25) is 0 Å². The summed E-state index contributed by atoms with van der Waals surface area (Å²) in [6.07, 6.45) is -7.90. The van der Waals surface area contributed by atoms with Gasteiger partial charge in [-0.15, -0.1) is 11.3 Å². The lowest BCUT2D eigenvalue weighted by Crippen LogP contribution is -2.36. The van der Waals surface area contributed by atoms with Crippen molar-refractivity contribution in [2.45, 2.75) is 25.4 Å². The zero-order chi connectivity index (χ0) is 19.5. The third-order valence-electron chi connectivity index (χ3n) is 3.09. The van der Waals surface area contributed by atoms with E-state index in [1.54, 1.807) is 0 Å². The minimum Gasteiger partial charge on any atom is -0.352 e. The molecular formula is C13H14F6N6S. The summed E-state index contributed by atoms with van der Waals surface area (Å²) in [5.74, 6) is 0.116. The molecule has 2 rings (SSSR count). The van der Waals surface area contributed by atoms with Crippen LogP contribution in [0.15, 0.2) is 16.6 Å². The molecule has 0 radical (unpaired) electrons. The molecule has 2 aromatic rings. The quantitative estimate of drug-likeness (QED) is 0.471. The predicted octanol–water partition coefficient (Wildman–Crippen LogP) is 2.78. The molecule has 0 aliphatic carbocycles. The molecule has 0 aromatic carbocycles. The zero-order valence-corrected chi connectivity index (χ0v) is 14.4. The van der Waals surface area contributed by atoms with E-state index in [0.717, 1.165) is 21.4 Å². The van der Waals surface area contributed by atoms with Gasteiger partial charge in [-0.05, 0) is 0 Å². The van der Waals surface area contributed by atoms with Crippen LogP contribution < -0.4 is 10.6 Å². The third-order valence-corrected chi connectivity index (χ3v) is 3.94. The number of hydrogen-bond acceptors (Lipinski definition) is 4. The van der Waals surface area contributed by atoms with Crippen LogP contribution in [-0.2, 0) is 32.5 Å². The second-order valence-electron chi connectivity index (χ2n) is 5.08. The van der Waals surface area contributed by atoms with Gasteiger partial charge in [0.1, 0.15) is 5.01 Å². The van der Waals surface area contributed by atoms with E-state index in [-0.39, 0.29) is 29.6 Å². The van der Waals surface area contributed by atoms with Crippen LogP contribution in [0.25, 0.3) is 0 Å². The van der Waals surface area contributed by atoms with Crippen LogP contribution in [0.1, 0.15) is 22.0 Å². The number of aromatic nitrogens is 3. The summed E-state index contributed by atoms with van der Waals surface area (Å²) in [5, 5.41) is 9.79. The topological polar surface area (TPSA) is 67.1 Å². The number of rotatable bonds is 4. The number of nitrogens with one attached hydrogen (secondary N) is 2. The number of aliphatic imine (C=N–C) groups is 1. The van der Waals surface area contributed by atoms with Gasteiger partial charge in [-0.25, -0.2) is 4.98 Å². The standard InChI is InChI=1S/C13H14F6N6S/c1-20-11(22-4-9-23-8(6-26-9)12(14,15)16)21-3-7-5-25(2)24-10(7)13(17,18)19/h5-6H,3-4H2,1-2H3,(H2,20,21,22). The monoisotopic (exact) mass is 400 g/mol. The van der Waals surface area contributed by atoms with Crippen LogP contribution in [0.3, 0.4) is 0 Å². The normalized spacial score (nSPS) is 13.2. The Morgan fingerprint density at radius 3 is 2.35 bits per heavy atom. The van der Waals surface area contributed by atoms with Crippen molar-refractivity contribution < 1.29 is 26.3 Å². The van der Waals surface area contributed by atoms with Crippen molar-refractivity contribution in [3.8, 4) is 0 Å². The molecule has 0 unspecified atom stereocenters. The molecule has 2 aromatic heterocycles.